The Hall–Kier alpha value is -3.06. The summed E-state index contributed by atoms with van der Waals surface area (Å²) >= 11 is 0. The summed E-state index contributed by atoms with van der Waals surface area (Å²) in [7, 11) is 1.28. The van der Waals surface area contributed by atoms with E-state index in [2.05, 4.69) is 21.9 Å². The molecule has 0 aliphatic heterocycles. The third kappa shape index (κ3) is 4.72. The first kappa shape index (κ1) is 16.3. The van der Waals surface area contributed by atoms with E-state index in [-0.39, 0.29) is 5.91 Å². The lowest BCUT2D eigenvalue weighted by Gasteiger charge is -2.11. The number of hydrogen-bond acceptors (Lipinski definition) is 3. The van der Waals surface area contributed by atoms with E-state index in [1.807, 2.05) is 30.3 Å². The molecule has 2 rings (SSSR count). The summed E-state index contributed by atoms with van der Waals surface area (Å²) in [6.45, 7) is 1.57. The van der Waals surface area contributed by atoms with Gasteiger partial charge in [0.25, 0.3) is 5.91 Å². The minimum atomic E-state index is -0.690. The molecule has 23 heavy (non-hydrogen) atoms. The van der Waals surface area contributed by atoms with Gasteiger partial charge in [-0.15, -0.1) is 0 Å². The van der Waals surface area contributed by atoms with Crippen molar-refractivity contribution < 1.29 is 14.3 Å². The van der Waals surface area contributed by atoms with E-state index in [1.165, 1.54) is 7.11 Å². The van der Waals surface area contributed by atoms with Gasteiger partial charge >= 0.3 is 5.97 Å². The Morgan fingerprint density at radius 3 is 2.09 bits per heavy atom. The second-order valence-electron chi connectivity index (χ2n) is 4.91. The molecule has 1 amide bonds. The maximum absolute atomic E-state index is 12.0. The van der Waals surface area contributed by atoms with Crippen molar-refractivity contribution in [3.8, 4) is 11.8 Å². The van der Waals surface area contributed by atoms with Gasteiger partial charge in [-0.2, -0.15) is 0 Å². The molecule has 0 fully saturated rings. The molecule has 4 nitrogen and oxygen atoms in total. The van der Waals surface area contributed by atoms with E-state index in [1.54, 1.807) is 31.2 Å². The van der Waals surface area contributed by atoms with E-state index in [4.69, 9.17) is 0 Å². The van der Waals surface area contributed by atoms with E-state index in [9.17, 15) is 9.59 Å². The number of rotatable bonds is 3. The molecule has 0 radical (unpaired) electrons. The van der Waals surface area contributed by atoms with Crippen LogP contribution >= 0.6 is 0 Å². The number of esters is 1. The van der Waals surface area contributed by atoms with Crippen molar-refractivity contribution in [2.24, 2.45) is 0 Å². The molecule has 1 N–H and O–H groups in total. The Morgan fingerprint density at radius 1 is 0.957 bits per heavy atom. The van der Waals surface area contributed by atoms with E-state index in [0.29, 0.717) is 5.56 Å². The molecule has 2 aromatic carbocycles. The number of carbonyl (C=O) groups excluding carboxylic acids is 2. The van der Waals surface area contributed by atoms with Crippen LogP contribution in [0.1, 0.15) is 28.4 Å². The first-order valence-electron chi connectivity index (χ1n) is 7.16. The van der Waals surface area contributed by atoms with Gasteiger partial charge in [0.15, 0.2) is 0 Å². The maximum atomic E-state index is 12.0. The fourth-order valence-corrected chi connectivity index (χ4v) is 1.89. The lowest BCUT2D eigenvalue weighted by molar-refractivity contribution is -0.142. The van der Waals surface area contributed by atoms with Crippen LogP contribution in [0.5, 0.6) is 0 Å². The Balaban J connectivity index is 2.04. The molecule has 2 aromatic rings. The van der Waals surface area contributed by atoms with Gasteiger partial charge in [-0.25, -0.2) is 4.79 Å². The third-order valence-corrected chi connectivity index (χ3v) is 3.17. The van der Waals surface area contributed by atoms with Crippen LogP contribution in [0.3, 0.4) is 0 Å². The quantitative estimate of drug-likeness (QED) is 0.699. The molecule has 4 heteroatoms. The molecule has 1 atom stereocenters. The minimum Gasteiger partial charge on any atom is -0.467 e. The SMILES string of the molecule is COC(=O)C(C)NC(=O)c1ccc(C#Cc2ccccc2)cc1. The lowest BCUT2D eigenvalue weighted by Crippen LogP contribution is -2.39. The smallest absolute Gasteiger partial charge is 0.328 e. The summed E-state index contributed by atoms with van der Waals surface area (Å²) in [5.41, 5.74) is 2.21. The highest BCUT2D eigenvalue weighted by atomic mass is 16.5. The Bertz CT molecular complexity index is 740. The van der Waals surface area contributed by atoms with Crippen LogP contribution in [0.4, 0.5) is 0 Å². The third-order valence-electron chi connectivity index (χ3n) is 3.17. The fraction of sp³-hybridized carbons (Fsp3) is 0.158. The van der Waals surface area contributed by atoms with Crippen LogP contribution in [0.25, 0.3) is 0 Å². The van der Waals surface area contributed by atoms with Crippen LogP contribution in [-0.2, 0) is 9.53 Å². The van der Waals surface area contributed by atoms with Gasteiger partial charge in [0.05, 0.1) is 7.11 Å². The summed E-state index contributed by atoms with van der Waals surface area (Å²) in [6.07, 6.45) is 0. The molecule has 0 spiro atoms. The Kier molecular flexibility index (Phi) is 5.54. The van der Waals surface area contributed by atoms with Gasteiger partial charge in [0.2, 0.25) is 0 Å². The number of methoxy groups -OCH3 is 1. The van der Waals surface area contributed by atoms with Gasteiger partial charge in [-0.1, -0.05) is 30.0 Å². The van der Waals surface area contributed by atoms with Gasteiger partial charge in [0, 0.05) is 16.7 Å². The normalized spacial score (nSPS) is 10.9. The number of carbonyl (C=O) groups is 2. The molecule has 0 aliphatic carbocycles. The highest BCUT2D eigenvalue weighted by Crippen LogP contribution is 2.05. The van der Waals surface area contributed by atoms with E-state index in [0.717, 1.165) is 11.1 Å². The van der Waals surface area contributed by atoms with Crippen LogP contribution < -0.4 is 5.32 Å². The summed E-state index contributed by atoms with van der Waals surface area (Å²) < 4.78 is 4.57. The van der Waals surface area contributed by atoms with E-state index >= 15 is 0 Å². The number of ether oxygens (including phenoxy) is 1. The second-order valence-corrected chi connectivity index (χ2v) is 4.91. The molecule has 0 bridgehead atoms. The average Bonchev–Trinajstić information content (AvgIpc) is 2.60. The molecule has 116 valence electrons. The molecule has 0 saturated heterocycles. The number of benzene rings is 2. The lowest BCUT2D eigenvalue weighted by atomic mass is 10.1. The van der Waals surface area contributed by atoms with Gasteiger partial charge in [0.1, 0.15) is 6.04 Å². The summed E-state index contributed by atoms with van der Waals surface area (Å²) in [4.78, 5) is 23.3. The van der Waals surface area contributed by atoms with Crippen LogP contribution in [-0.4, -0.2) is 25.0 Å². The number of hydrogen-bond donors (Lipinski definition) is 1. The highest BCUT2D eigenvalue weighted by molar-refractivity contribution is 5.96. The Morgan fingerprint density at radius 2 is 1.52 bits per heavy atom. The van der Waals surface area contributed by atoms with Crippen molar-refractivity contribution in [2.75, 3.05) is 7.11 Å². The monoisotopic (exact) mass is 307 g/mol. The predicted octanol–water partition coefficient (Wildman–Crippen LogP) is 2.38. The molecular weight excluding hydrogens is 290 g/mol. The standard InChI is InChI=1S/C19H17NO3/c1-14(19(22)23-2)20-18(21)17-12-10-16(11-13-17)9-8-15-6-4-3-5-7-15/h3-7,10-14H,1-2H3,(H,20,21). The zero-order valence-electron chi connectivity index (χ0n) is 13.0. The predicted molar refractivity (Wildman–Crippen MR) is 87.8 cm³/mol. The van der Waals surface area contributed by atoms with Gasteiger partial charge in [-0.3, -0.25) is 4.79 Å². The topological polar surface area (TPSA) is 55.4 Å². The maximum Gasteiger partial charge on any atom is 0.328 e. The van der Waals surface area contributed by atoms with Crippen molar-refractivity contribution in [2.45, 2.75) is 13.0 Å². The minimum absolute atomic E-state index is 0.328. The van der Waals surface area contributed by atoms with Crippen molar-refractivity contribution in [3.63, 3.8) is 0 Å². The zero-order valence-corrected chi connectivity index (χ0v) is 13.0. The summed E-state index contributed by atoms with van der Waals surface area (Å²) in [5.74, 6) is 5.28. The zero-order chi connectivity index (χ0) is 16.7. The van der Waals surface area contributed by atoms with Crippen LogP contribution in [0.15, 0.2) is 54.6 Å². The summed E-state index contributed by atoms with van der Waals surface area (Å²) in [6, 6.07) is 15.9. The molecular formula is C19H17NO3. The van der Waals surface area contributed by atoms with E-state index < -0.39 is 12.0 Å². The summed E-state index contributed by atoms with van der Waals surface area (Å²) in [5, 5.41) is 2.57. The van der Waals surface area contributed by atoms with Gasteiger partial charge in [-0.05, 0) is 43.3 Å². The fourth-order valence-electron chi connectivity index (χ4n) is 1.89. The molecule has 0 saturated carbocycles. The molecule has 0 aromatic heterocycles. The molecule has 0 heterocycles. The first-order valence-corrected chi connectivity index (χ1v) is 7.16. The van der Waals surface area contributed by atoms with Crippen molar-refractivity contribution >= 4 is 11.9 Å². The van der Waals surface area contributed by atoms with Crippen molar-refractivity contribution in [3.05, 3.63) is 71.3 Å². The van der Waals surface area contributed by atoms with Crippen molar-refractivity contribution in [1.82, 2.24) is 5.32 Å². The average molecular weight is 307 g/mol. The first-order chi connectivity index (χ1) is 11.1. The van der Waals surface area contributed by atoms with Crippen LogP contribution in [0.2, 0.25) is 0 Å². The molecule has 1 unspecified atom stereocenters. The Labute approximate surface area is 135 Å². The molecule has 0 aliphatic rings. The second kappa shape index (κ2) is 7.81. The largest absolute Gasteiger partial charge is 0.467 e. The van der Waals surface area contributed by atoms with Crippen molar-refractivity contribution in [1.29, 1.82) is 0 Å². The van der Waals surface area contributed by atoms with Crippen LogP contribution in [0, 0.1) is 11.8 Å². The number of amides is 1. The highest BCUT2D eigenvalue weighted by Gasteiger charge is 2.16. The van der Waals surface area contributed by atoms with Gasteiger partial charge < -0.3 is 10.1 Å². The number of nitrogens with one attached hydrogen (secondary N) is 1.